The van der Waals surface area contributed by atoms with Crippen molar-refractivity contribution in [2.45, 2.75) is 44.3 Å². The summed E-state index contributed by atoms with van der Waals surface area (Å²) in [6, 6.07) is 26.6. The van der Waals surface area contributed by atoms with Crippen LogP contribution in [0.3, 0.4) is 0 Å². The van der Waals surface area contributed by atoms with Crippen molar-refractivity contribution >= 4 is 0 Å². The molecule has 0 aromatic heterocycles. The van der Waals surface area contributed by atoms with Crippen LogP contribution < -0.4 is 0 Å². The summed E-state index contributed by atoms with van der Waals surface area (Å²) in [7, 11) is 0. The van der Waals surface area contributed by atoms with Gasteiger partial charge in [-0.15, -0.1) is 0 Å². The maximum absolute atomic E-state index is 13.9. The number of aliphatic hydroxyl groups is 1. The van der Waals surface area contributed by atoms with Crippen molar-refractivity contribution in [1.29, 1.82) is 0 Å². The fraction of sp³-hybridized carbons (Fsp3) is 0.280. The van der Waals surface area contributed by atoms with Crippen LogP contribution in [0.25, 0.3) is 0 Å². The molecule has 0 bridgehead atoms. The van der Waals surface area contributed by atoms with Crippen molar-refractivity contribution in [3.05, 3.63) is 108 Å². The molecule has 0 heterocycles. The summed E-state index contributed by atoms with van der Waals surface area (Å²) in [6.45, 7) is 1.46. The highest BCUT2D eigenvalue weighted by atomic mass is 19.4. The van der Waals surface area contributed by atoms with Crippen LogP contribution in [0.2, 0.25) is 0 Å². The van der Waals surface area contributed by atoms with E-state index in [0.717, 1.165) is 23.6 Å². The number of rotatable bonds is 8. The first kappa shape index (κ1) is 22.1. The Hall–Kier alpha value is -2.63. The van der Waals surface area contributed by atoms with E-state index in [1.165, 1.54) is 0 Å². The largest absolute Gasteiger partial charge is 0.418 e. The minimum Gasteiger partial charge on any atom is -0.379 e. The summed E-state index contributed by atoms with van der Waals surface area (Å²) < 4.78 is 41.8. The monoisotopic (exact) mass is 413 g/mol. The van der Waals surface area contributed by atoms with Crippen LogP contribution in [0, 0.1) is 0 Å². The lowest BCUT2D eigenvalue weighted by Crippen LogP contribution is -2.59. The van der Waals surface area contributed by atoms with Gasteiger partial charge in [0.05, 0.1) is 6.04 Å². The molecule has 0 spiro atoms. The number of hydrogen-bond acceptors (Lipinski definition) is 2. The molecule has 1 N–H and O–H groups in total. The molecule has 5 heteroatoms. The molecule has 0 saturated carbocycles. The van der Waals surface area contributed by atoms with E-state index in [4.69, 9.17) is 0 Å². The van der Waals surface area contributed by atoms with Gasteiger partial charge in [-0.25, -0.2) is 0 Å². The van der Waals surface area contributed by atoms with E-state index in [0.29, 0.717) is 13.1 Å². The third-order valence-corrected chi connectivity index (χ3v) is 5.39. The van der Waals surface area contributed by atoms with Gasteiger partial charge < -0.3 is 5.11 Å². The van der Waals surface area contributed by atoms with E-state index in [-0.39, 0.29) is 6.42 Å². The third kappa shape index (κ3) is 5.49. The fourth-order valence-electron chi connectivity index (χ4n) is 3.62. The minimum atomic E-state index is -4.77. The molecular formula is C25H26F3NO. The summed E-state index contributed by atoms with van der Waals surface area (Å²) in [5, 5.41) is 10.7. The molecule has 3 rings (SSSR count). The van der Waals surface area contributed by atoms with Gasteiger partial charge in [0.25, 0.3) is 0 Å². The predicted octanol–water partition coefficient (Wildman–Crippen LogP) is 5.61. The first-order chi connectivity index (χ1) is 14.3. The van der Waals surface area contributed by atoms with E-state index >= 15 is 0 Å². The van der Waals surface area contributed by atoms with Crippen LogP contribution in [0.15, 0.2) is 91.0 Å². The third-order valence-electron chi connectivity index (χ3n) is 5.39. The van der Waals surface area contributed by atoms with Crippen molar-refractivity contribution in [3.63, 3.8) is 0 Å². The van der Waals surface area contributed by atoms with Crippen molar-refractivity contribution in [2.24, 2.45) is 0 Å². The topological polar surface area (TPSA) is 23.5 Å². The Balaban J connectivity index is 2.01. The van der Waals surface area contributed by atoms with E-state index < -0.39 is 17.8 Å². The second-order valence-corrected chi connectivity index (χ2v) is 7.73. The Morgan fingerprint density at radius 3 is 1.43 bits per heavy atom. The maximum atomic E-state index is 13.9. The molecule has 2 atom stereocenters. The van der Waals surface area contributed by atoms with Crippen molar-refractivity contribution in [3.8, 4) is 0 Å². The lowest BCUT2D eigenvalue weighted by atomic mass is 9.88. The zero-order valence-corrected chi connectivity index (χ0v) is 16.9. The summed E-state index contributed by atoms with van der Waals surface area (Å²) in [6.07, 6.45) is -4.69. The van der Waals surface area contributed by atoms with E-state index in [1.807, 2.05) is 66.7 Å². The molecule has 0 aliphatic heterocycles. The second kappa shape index (κ2) is 9.45. The van der Waals surface area contributed by atoms with Crippen molar-refractivity contribution in [2.75, 3.05) is 0 Å². The Bertz CT molecular complexity index is 854. The predicted molar refractivity (Wildman–Crippen MR) is 113 cm³/mol. The molecule has 0 aliphatic carbocycles. The summed E-state index contributed by atoms with van der Waals surface area (Å²) in [5.74, 6) is 0. The quantitative estimate of drug-likeness (QED) is 0.519. The zero-order chi connectivity index (χ0) is 21.6. The Kier molecular flexibility index (Phi) is 6.95. The van der Waals surface area contributed by atoms with Gasteiger partial charge in [0, 0.05) is 13.1 Å². The number of benzene rings is 3. The summed E-state index contributed by atoms with van der Waals surface area (Å²) in [4.78, 5) is 1.73. The zero-order valence-electron chi connectivity index (χ0n) is 16.9. The molecule has 0 amide bonds. The molecule has 3 aromatic carbocycles. The molecule has 0 saturated heterocycles. The molecule has 0 radical (unpaired) electrons. The van der Waals surface area contributed by atoms with Crippen LogP contribution in [0.5, 0.6) is 0 Å². The first-order valence-electron chi connectivity index (χ1n) is 9.92. The lowest BCUT2D eigenvalue weighted by molar-refractivity contribution is -0.274. The molecule has 158 valence electrons. The smallest absolute Gasteiger partial charge is 0.379 e. The van der Waals surface area contributed by atoms with Gasteiger partial charge in [0.15, 0.2) is 5.60 Å². The molecule has 0 fully saturated rings. The maximum Gasteiger partial charge on any atom is 0.418 e. The van der Waals surface area contributed by atoms with Crippen molar-refractivity contribution < 1.29 is 18.3 Å². The molecule has 0 aliphatic rings. The average molecular weight is 413 g/mol. The number of hydrogen-bond donors (Lipinski definition) is 1. The number of halogens is 3. The highest BCUT2D eigenvalue weighted by Crippen LogP contribution is 2.37. The van der Waals surface area contributed by atoms with Gasteiger partial charge in [-0.1, -0.05) is 91.0 Å². The number of nitrogens with zero attached hydrogens (tertiary/aromatic N) is 1. The Morgan fingerprint density at radius 1 is 0.700 bits per heavy atom. The minimum absolute atomic E-state index is 0.0764. The highest BCUT2D eigenvalue weighted by molar-refractivity contribution is 5.21. The number of alkyl halides is 3. The van der Waals surface area contributed by atoms with Gasteiger partial charge in [0.2, 0.25) is 0 Å². The van der Waals surface area contributed by atoms with Crippen molar-refractivity contribution in [1.82, 2.24) is 4.90 Å². The summed E-state index contributed by atoms with van der Waals surface area (Å²) >= 11 is 0. The van der Waals surface area contributed by atoms with Gasteiger partial charge in [-0.2, -0.15) is 13.2 Å². The van der Waals surface area contributed by atoms with E-state index in [2.05, 4.69) is 0 Å². The SMILES string of the molecule is C[C@@](O)([C@H](Cc1ccccc1)N(Cc1ccccc1)Cc1ccccc1)C(F)(F)F. The Labute approximate surface area is 175 Å². The first-order valence-corrected chi connectivity index (χ1v) is 9.92. The lowest BCUT2D eigenvalue weighted by Gasteiger charge is -2.42. The van der Waals surface area contributed by atoms with Crippen LogP contribution >= 0.6 is 0 Å². The van der Waals surface area contributed by atoms with E-state index in [9.17, 15) is 18.3 Å². The van der Waals surface area contributed by atoms with Crippen LogP contribution in [-0.2, 0) is 19.5 Å². The van der Waals surface area contributed by atoms with Gasteiger partial charge in [-0.3, -0.25) is 4.90 Å². The van der Waals surface area contributed by atoms with Crippen LogP contribution in [0.1, 0.15) is 23.6 Å². The average Bonchev–Trinajstić information content (AvgIpc) is 2.73. The van der Waals surface area contributed by atoms with Crippen LogP contribution in [0.4, 0.5) is 13.2 Å². The molecule has 30 heavy (non-hydrogen) atoms. The molecule has 2 nitrogen and oxygen atoms in total. The van der Waals surface area contributed by atoms with E-state index in [1.54, 1.807) is 29.2 Å². The molecule has 0 unspecified atom stereocenters. The normalized spacial score (nSPS) is 15.0. The second-order valence-electron chi connectivity index (χ2n) is 7.73. The molecule has 3 aromatic rings. The van der Waals surface area contributed by atoms with Gasteiger partial charge >= 0.3 is 6.18 Å². The highest BCUT2D eigenvalue weighted by Gasteiger charge is 2.56. The molecular weight excluding hydrogens is 387 g/mol. The fourth-order valence-corrected chi connectivity index (χ4v) is 3.62. The standard InChI is InChI=1S/C25H26F3NO/c1-24(30,25(26,27)28)23(17-20-11-5-2-6-12-20)29(18-21-13-7-3-8-14-21)19-22-15-9-4-10-16-22/h2-16,23,30H,17-19H2,1H3/t23-,24+/m0/s1. The van der Waals surface area contributed by atoms with Crippen LogP contribution in [-0.4, -0.2) is 27.8 Å². The van der Waals surface area contributed by atoms with Gasteiger partial charge in [-0.05, 0) is 30.0 Å². The van der Waals surface area contributed by atoms with Gasteiger partial charge in [0.1, 0.15) is 0 Å². The Morgan fingerprint density at radius 2 is 1.07 bits per heavy atom. The summed E-state index contributed by atoms with van der Waals surface area (Å²) in [5.41, 5.74) is -0.348.